The highest BCUT2D eigenvalue weighted by Gasteiger charge is 2.15. The van der Waals surface area contributed by atoms with Crippen LogP contribution in [0.1, 0.15) is 17.3 Å². The first-order valence-electron chi connectivity index (χ1n) is 5.18. The minimum absolute atomic E-state index is 0.0554. The van der Waals surface area contributed by atoms with E-state index in [0.717, 1.165) is 6.07 Å². The predicted octanol–water partition coefficient (Wildman–Crippen LogP) is 2.41. The number of nitrogens with zero attached hydrogens (tertiary/aromatic N) is 2. The van der Waals surface area contributed by atoms with Crippen molar-refractivity contribution in [2.75, 3.05) is 0 Å². The first-order valence-corrected chi connectivity index (χ1v) is 5.18. The van der Waals surface area contributed by atoms with Gasteiger partial charge in [-0.2, -0.15) is 5.10 Å². The number of carboxylic acids is 1. The summed E-state index contributed by atoms with van der Waals surface area (Å²) in [4.78, 5) is 11.1. The van der Waals surface area contributed by atoms with Crippen molar-refractivity contribution in [2.45, 2.75) is 13.5 Å². The van der Waals surface area contributed by atoms with E-state index >= 15 is 0 Å². The number of aromatic nitrogens is 2. The summed E-state index contributed by atoms with van der Waals surface area (Å²) in [5.74, 6) is -1.71. The van der Waals surface area contributed by atoms with Gasteiger partial charge < -0.3 is 5.11 Å². The Kier molecular flexibility index (Phi) is 2.91. The van der Waals surface area contributed by atoms with E-state index in [1.165, 1.54) is 12.1 Å². The van der Waals surface area contributed by atoms with Crippen molar-refractivity contribution in [3.63, 3.8) is 0 Å². The number of aryl methyl sites for hydroxylation is 1. The van der Waals surface area contributed by atoms with Crippen molar-refractivity contribution in [1.29, 1.82) is 0 Å². The Morgan fingerprint density at radius 2 is 2.24 bits per heavy atom. The SMILES string of the molecule is CCn1nccc1-c1ccc(F)cc1C(=O)O. The molecule has 0 aliphatic heterocycles. The zero-order valence-electron chi connectivity index (χ0n) is 9.22. The van der Waals surface area contributed by atoms with Crippen LogP contribution in [0.3, 0.4) is 0 Å². The molecule has 1 heterocycles. The molecule has 0 unspecified atom stereocenters. The van der Waals surface area contributed by atoms with Gasteiger partial charge in [-0.15, -0.1) is 0 Å². The van der Waals surface area contributed by atoms with Crippen LogP contribution in [0, 0.1) is 5.82 Å². The molecule has 0 aliphatic rings. The van der Waals surface area contributed by atoms with Crippen LogP contribution in [0.4, 0.5) is 4.39 Å². The molecule has 0 aliphatic carbocycles. The minimum atomic E-state index is -1.15. The predicted molar refractivity (Wildman–Crippen MR) is 60.3 cm³/mol. The second kappa shape index (κ2) is 4.37. The lowest BCUT2D eigenvalue weighted by molar-refractivity contribution is 0.0697. The molecule has 0 fully saturated rings. The van der Waals surface area contributed by atoms with Crippen LogP contribution >= 0.6 is 0 Å². The first-order chi connectivity index (χ1) is 8.13. The van der Waals surface area contributed by atoms with E-state index in [9.17, 15) is 9.18 Å². The Bertz CT molecular complexity index is 563. The lowest BCUT2D eigenvalue weighted by Gasteiger charge is -2.08. The number of hydrogen-bond acceptors (Lipinski definition) is 2. The van der Waals surface area contributed by atoms with Crippen molar-refractivity contribution in [3.8, 4) is 11.3 Å². The van der Waals surface area contributed by atoms with Gasteiger partial charge in [-0.3, -0.25) is 4.68 Å². The summed E-state index contributed by atoms with van der Waals surface area (Å²) in [6.07, 6.45) is 1.59. The summed E-state index contributed by atoms with van der Waals surface area (Å²) in [6.45, 7) is 2.53. The van der Waals surface area contributed by atoms with Crippen LogP contribution in [0.5, 0.6) is 0 Å². The molecule has 0 saturated heterocycles. The average Bonchev–Trinajstić information content (AvgIpc) is 2.76. The van der Waals surface area contributed by atoms with Gasteiger partial charge in [-0.05, 0) is 31.2 Å². The number of carboxylic acid groups (broad SMARTS) is 1. The number of halogens is 1. The Morgan fingerprint density at radius 3 is 2.88 bits per heavy atom. The van der Waals surface area contributed by atoms with E-state index in [4.69, 9.17) is 5.11 Å². The summed E-state index contributed by atoms with van der Waals surface area (Å²) in [6, 6.07) is 5.44. The van der Waals surface area contributed by atoms with E-state index < -0.39 is 11.8 Å². The number of hydrogen-bond donors (Lipinski definition) is 1. The lowest BCUT2D eigenvalue weighted by atomic mass is 10.0. The maximum atomic E-state index is 13.0. The fourth-order valence-electron chi connectivity index (χ4n) is 1.73. The largest absolute Gasteiger partial charge is 0.478 e. The van der Waals surface area contributed by atoms with Crippen LogP contribution in [-0.2, 0) is 6.54 Å². The third kappa shape index (κ3) is 2.04. The molecule has 0 saturated carbocycles. The van der Waals surface area contributed by atoms with Crippen molar-refractivity contribution >= 4 is 5.97 Å². The number of carbonyl (C=O) groups is 1. The summed E-state index contributed by atoms with van der Waals surface area (Å²) in [5, 5.41) is 13.1. The molecule has 1 N–H and O–H groups in total. The molecule has 17 heavy (non-hydrogen) atoms. The second-order valence-electron chi connectivity index (χ2n) is 3.53. The standard InChI is InChI=1S/C12H11FN2O2/c1-2-15-11(5-6-14-15)9-4-3-8(13)7-10(9)12(16)17/h3-7H,2H2,1H3,(H,16,17). The highest BCUT2D eigenvalue weighted by Crippen LogP contribution is 2.24. The minimum Gasteiger partial charge on any atom is -0.478 e. The van der Waals surface area contributed by atoms with Gasteiger partial charge >= 0.3 is 5.97 Å². The van der Waals surface area contributed by atoms with Crippen LogP contribution < -0.4 is 0 Å². The van der Waals surface area contributed by atoms with Crippen LogP contribution in [-0.4, -0.2) is 20.9 Å². The fourth-order valence-corrected chi connectivity index (χ4v) is 1.73. The molecule has 0 amide bonds. The zero-order valence-corrected chi connectivity index (χ0v) is 9.22. The summed E-state index contributed by atoms with van der Waals surface area (Å²) < 4.78 is 14.7. The highest BCUT2D eigenvalue weighted by molar-refractivity contribution is 5.95. The second-order valence-corrected chi connectivity index (χ2v) is 3.53. The van der Waals surface area contributed by atoms with E-state index in [-0.39, 0.29) is 5.56 Å². The van der Waals surface area contributed by atoms with E-state index in [0.29, 0.717) is 17.8 Å². The molecule has 0 bridgehead atoms. The molecular weight excluding hydrogens is 223 g/mol. The topological polar surface area (TPSA) is 55.1 Å². The van der Waals surface area contributed by atoms with Gasteiger partial charge in [-0.25, -0.2) is 9.18 Å². The van der Waals surface area contributed by atoms with Crippen LogP contribution in [0.2, 0.25) is 0 Å². The van der Waals surface area contributed by atoms with Gasteiger partial charge in [-0.1, -0.05) is 0 Å². The molecule has 5 heteroatoms. The molecule has 88 valence electrons. The fraction of sp³-hybridized carbons (Fsp3) is 0.167. The van der Waals surface area contributed by atoms with Gasteiger partial charge in [0.2, 0.25) is 0 Å². The Morgan fingerprint density at radius 1 is 1.47 bits per heavy atom. The maximum absolute atomic E-state index is 13.0. The molecule has 2 rings (SSSR count). The van der Waals surface area contributed by atoms with Gasteiger partial charge in [0, 0.05) is 18.3 Å². The van der Waals surface area contributed by atoms with Gasteiger partial charge in [0.1, 0.15) is 5.82 Å². The molecular formula is C12H11FN2O2. The van der Waals surface area contributed by atoms with Crippen molar-refractivity contribution in [1.82, 2.24) is 9.78 Å². The monoisotopic (exact) mass is 234 g/mol. The summed E-state index contributed by atoms with van der Waals surface area (Å²) in [5.41, 5.74) is 1.09. The molecule has 2 aromatic rings. The van der Waals surface area contributed by atoms with Crippen molar-refractivity contribution < 1.29 is 14.3 Å². The first kappa shape index (κ1) is 11.3. The van der Waals surface area contributed by atoms with Crippen molar-refractivity contribution in [2.24, 2.45) is 0 Å². The third-order valence-corrected chi connectivity index (χ3v) is 2.50. The molecule has 1 aromatic carbocycles. The van der Waals surface area contributed by atoms with Gasteiger partial charge in [0.25, 0.3) is 0 Å². The Hall–Kier alpha value is -2.17. The maximum Gasteiger partial charge on any atom is 0.336 e. The molecule has 0 atom stereocenters. The van der Waals surface area contributed by atoms with E-state index in [2.05, 4.69) is 5.10 Å². The van der Waals surface area contributed by atoms with Crippen LogP contribution in [0.15, 0.2) is 30.5 Å². The number of rotatable bonds is 3. The van der Waals surface area contributed by atoms with E-state index in [1.54, 1.807) is 16.9 Å². The highest BCUT2D eigenvalue weighted by atomic mass is 19.1. The number of benzene rings is 1. The van der Waals surface area contributed by atoms with Crippen LogP contribution in [0.25, 0.3) is 11.3 Å². The Balaban J connectivity index is 2.63. The number of aromatic carboxylic acids is 1. The lowest BCUT2D eigenvalue weighted by Crippen LogP contribution is -2.05. The smallest absolute Gasteiger partial charge is 0.336 e. The quantitative estimate of drug-likeness (QED) is 0.887. The van der Waals surface area contributed by atoms with Gasteiger partial charge in [0.15, 0.2) is 0 Å². The molecule has 1 aromatic heterocycles. The summed E-state index contributed by atoms with van der Waals surface area (Å²) in [7, 11) is 0. The Labute approximate surface area is 97.3 Å². The van der Waals surface area contributed by atoms with Crippen molar-refractivity contribution in [3.05, 3.63) is 41.8 Å². The molecule has 4 nitrogen and oxygen atoms in total. The third-order valence-electron chi connectivity index (χ3n) is 2.50. The van der Waals surface area contributed by atoms with Gasteiger partial charge in [0.05, 0.1) is 11.3 Å². The van der Waals surface area contributed by atoms with E-state index in [1.807, 2.05) is 6.92 Å². The molecule has 0 spiro atoms. The summed E-state index contributed by atoms with van der Waals surface area (Å²) >= 11 is 0. The molecule has 0 radical (unpaired) electrons. The zero-order chi connectivity index (χ0) is 12.4. The average molecular weight is 234 g/mol. The normalized spacial score (nSPS) is 10.5.